The van der Waals surface area contributed by atoms with Gasteiger partial charge in [-0.3, -0.25) is 9.59 Å². The smallest absolute Gasteiger partial charge is 0.335 e. The van der Waals surface area contributed by atoms with Gasteiger partial charge >= 0.3 is 11.7 Å². The molecule has 0 spiro atoms. The number of amides is 1. The van der Waals surface area contributed by atoms with E-state index in [1.807, 2.05) is 19.9 Å². The van der Waals surface area contributed by atoms with E-state index in [4.69, 9.17) is 4.74 Å². The summed E-state index contributed by atoms with van der Waals surface area (Å²) >= 11 is 0. The number of allylic oxidation sites excluding steroid dienone is 1. The number of nitrogens with one attached hydrogen (secondary N) is 2. The van der Waals surface area contributed by atoms with Gasteiger partial charge in [-0.25, -0.2) is 14.2 Å². The number of hydrogen-bond donors (Lipinski definition) is 2. The van der Waals surface area contributed by atoms with E-state index in [2.05, 4.69) is 16.7 Å². The molecule has 36 heavy (non-hydrogen) atoms. The Labute approximate surface area is 210 Å². The van der Waals surface area contributed by atoms with E-state index in [1.54, 1.807) is 19.2 Å². The second kappa shape index (κ2) is 10.3. The number of aryl methyl sites for hydroxylation is 1. The maximum atomic E-state index is 13.2. The molecule has 2 N–H and O–H groups in total. The first-order valence-corrected chi connectivity index (χ1v) is 12.4. The van der Waals surface area contributed by atoms with E-state index in [9.17, 15) is 19.2 Å². The molecule has 0 saturated carbocycles. The highest BCUT2D eigenvalue weighted by Crippen LogP contribution is 2.39. The molecule has 9 nitrogen and oxygen atoms in total. The van der Waals surface area contributed by atoms with Gasteiger partial charge in [-0.1, -0.05) is 32.1 Å². The number of rotatable bonds is 6. The lowest BCUT2D eigenvalue weighted by molar-refractivity contribution is -0.146. The number of hydrogen-bond acceptors (Lipinski definition) is 6. The molecule has 1 aliphatic heterocycles. The van der Waals surface area contributed by atoms with E-state index in [1.165, 1.54) is 28.5 Å². The minimum Gasteiger partial charge on any atom is -0.467 e. The lowest BCUT2D eigenvalue weighted by atomic mass is 9.79. The van der Waals surface area contributed by atoms with E-state index in [0.717, 1.165) is 29.8 Å². The van der Waals surface area contributed by atoms with Crippen molar-refractivity contribution in [3.63, 3.8) is 0 Å². The van der Waals surface area contributed by atoms with Crippen LogP contribution in [0.3, 0.4) is 0 Å². The maximum Gasteiger partial charge on any atom is 0.335 e. The number of nitrogens with zero attached hydrogens (tertiary/aromatic N) is 2. The lowest BCUT2D eigenvalue weighted by Crippen LogP contribution is -2.51. The zero-order chi connectivity index (χ0) is 26.0. The SMILES string of the molecule is COC(=O)[C@H](CC1=CCC(C)c2c1cccc2-n1c(=O)ccn(C)c1=O)NC(=O)C1(C)CCNCC1. The van der Waals surface area contributed by atoms with Gasteiger partial charge in [-0.15, -0.1) is 0 Å². The normalized spacial score (nSPS) is 19.6. The average molecular weight is 495 g/mol. The van der Waals surface area contributed by atoms with Crippen LogP contribution < -0.4 is 21.9 Å². The maximum absolute atomic E-state index is 13.2. The largest absolute Gasteiger partial charge is 0.467 e. The van der Waals surface area contributed by atoms with E-state index in [0.29, 0.717) is 24.9 Å². The summed E-state index contributed by atoms with van der Waals surface area (Å²) in [6.07, 6.45) is 5.83. The molecule has 2 atom stereocenters. The Morgan fingerprint density at radius 1 is 1.22 bits per heavy atom. The average Bonchev–Trinajstić information content (AvgIpc) is 2.87. The summed E-state index contributed by atoms with van der Waals surface area (Å²) < 4.78 is 7.60. The van der Waals surface area contributed by atoms with E-state index >= 15 is 0 Å². The van der Waals surface area contributed by atoms with Crippen LogP contribution in [0.4, 0.5) is 0 Å². The highest BCUT2D eigenvalue weighted by molar-refractivity contribution is 5.89. The van der Waals surface area contributed by atoms with Crippen molar-refractivity contribution in [3.05, 3.63) is 68.5 Å². The Morgan fingerprint density at radius 2 is 1.94 bits per heavy atom. The molecule has 1 aromatic carbocycles. The van der Waals surface area contributed by atoms with Crippen molar-refractivity contribution in [1.82, 2.24) is 19.8 Å². The molecular weight excluding hydrogens is 460 g/mol. The Bertz CT molecular complexity index is 1320. The predicted octanol–water partition coefficient (Wildman–Crippen LogP) is 1.86. The van der Waals surface area contributed by atoms with Gasteiger partial charge in [0.05, 0.1) is 12.8 Å². The van der Waals surface area contributed by atoms with Crippen molar-refractivity contribution in [2.45, 2.75) is 51.5 Å². The monoisotopic (exact) mass is 494 g/mol. The number of benzene rings is 1. The molecule has 0 radical (unpaired) electrons. The van der Waals surface area contributed by atoms with Crippen LogP contribution in [0.5, 0.6) is 0 Å². The van der Waals surface area contributed by atoms with Crippen molar-refractivity contribution < 1.29 is 14.3 Å². The first kappa shape index (κ1) is 25.6. The summed E-state index contributed by atoms with van der Waals surface area (Å²) in [4.78, 5) is 51.5. The van der Waals surface area contributed by atoms with Crippen molar-refractivity contribution >= 4 is 17.4 Å². The lowest BCUT2D eigenvalue weighted by Gasteiger charge is -2.34. The summed E-state index contributed by atoms with van der Waals surface area (Å²) in [5, 5.41) is 6.21. The first-order valence-electron chi connectivity index (χ1n) is 12.4. The first-order chi connectivity index (χ1) is 17.2. The number of carbonyl (C=O) groups is 2. The number of aromatic nitrogens is 2. The van der Waals surface area contributed by atoms with Gasteiger partial charge in [0.2, 0.25) is 5.91 Å². The number of carbonyl (C=O) groups excluding carboxylic acids is 2. The molecular formula is C27H34N4O5. The second-order valence-electron chi connectivity index (χ2n) is 10.1. The van der Waals surface area contributed by atoms with Crippen LogP contribution in [0.25, 0.3) is 11.3 Å². The zero-order valence-electron chi connectivity index (χ0n) is 21.3. The summed E-state index contributed by atoms with van der Waals surface area (Å²) in [7, 11) is 2.92. The summed E-state index contributed by atoms with van der Waals surface area (Å²) in [6, 6.07) is 6.04. The topological polar surface area (TPSA) is 111 Å². The summed E-state index contributed by atoms with van der Waals surface area (Å²) in [5.74, 6) is -0.611. The minimum atomic E-state index is -0.849. The van der Waals surface area contributed by atoms with Crippen LogP contribution >= 0.6 is 0 Å². The standard InChI is InChI=1S/C27H34N4O5/c1-17-8-9-18(16-20(24(33)36-4)29-25(34)27(2)11-13-28-14-12-27)19-6-5-7-21(23(17)19)31-22(32)10-15-30(3)26(31)35/h5-7,9-10,15,17,20,28H,8,11-14,16H2,1-4H3,(H,29,34)/t17?,20-/m0/s1. The molecule has 4 rings (SSSR count). The molecule has 1 amide bonds. The molecule has 2 heterocycles. The Balaban J connectivity index is 1.70. The molecule has 0 bridgehead atoms. The molecule has 2 aliphatic rings. The van der Waals surface area contributed by atoms with Crippen LogP contribution in [0, 0.1) is 5.41 Å². The highest BCUT2D eigenvalue weighted by Gasteiger charge is 2.37. The van der Waals surface area contributed by atoms with Gasteiger partial charge in [0.15, 0.2) is 0 Å². The van der Waals surface area contributed by atoms with E-state index in [-0.39, 0.29) is 18.2 Å². The fourth-order valence-corrected chi connectivity index (χ4v) is 5.17. The van der Waals surface area contributed by atoms with Crippen molar-refractivity contribution in [2.75, 3.05) is 20.2 Å². The Morgan fingerprint density at radius 3 is 2.64 bits per heavy atom. The third-order valence-corrected chi connectivity index (χ3v) is 7.51. The van der Waals surface area contributed by atoms with Gasteiger partial charge < -0.3 is 19.9 Å². The fraction of sp³-hybridized carbons (Fsp3) is 0.481. The number of esters is 1. The second-order valence-corrected chi connectivity index (χ2v) is 10.1. The number of methoxy groups -OCH3 is 1. The van der Waals surface area contributed by atoms with Crippen LogP contribution in [0.2, 0.25) is 0 Å². The number of fused-ring (bicyclic) bond motifs is 1. The van der Waals surface area contributed by atoms with Gasteiger partial charge in [0.1, 0.15) is 6.04 Å². The summed E-state index contributed by atoms with van der Waals surface area (Å²) in [6.45, 7) is 5.49. The van der Waals surface area contributed by atoms with Crippen LogP contribution in [0.15, 0.2) is 46.1 Å². The van der Waals surface area contributed by atoms with Crippen LogP contribution in [-0.4, -0.2) is 47.3 Å². The zero-order valence-corrected chi connectivity index (χ0v) is 21.3. The van der Waals surface area contributed by atoms with Crippen molar-refractivity contribution in [1.29, 1.82) is 0 Å². The molecule has 1 aliphatic carbocycles. The fourth-order valence-electron chi connectivity index (χ4n) is 5.17. The molecule has 1 unspecified atom stereocenters. The van der Waals surface area contributed by atoms with Crippen molar-refractivity contribution in [3.8, 4) is 5.69 Å². The highest BCUT2D eigenvalue weighted by atomic mass is 16.5. The molecule has 1 fully saturated rings. The third kappa shape index (κ3) is 4.80. The predicted molar refractivity (Wildman–Crippen MR) is 137 cm³/mol. The quantitative estimate of drug-likeness (QED) is 0.593. The molecule has 1 saturated heterocycles. The third-order valence-electron chi connectivity index (χ3n) is 7.51. The van der Waals surface area contributed by atoms with E-state index < -0.39 is 28.7 Å². The molecule has 192 valence electrons. The number of ether oxygens (including phenoxy) is 1. The minimum absolute atomic E-state index is 0.0524. The van der Waals surface area contributed by atoms with Gasteiger partial charge in [-0.2, -0.15) is 0 Å². The van der Waals surface area contributed by atoms with Gasteiger partial charge in [0.25, 0.3) is 5.56 Å². The van der Waals surface area contributed by atoms with Crippen molar-refractivity contribution in [2.24, 2.45) is 12.5 Å². The molecule has 1 aromatic heterocycles. The Kier molecular flexibility index (Phi) is 7.31. The van der Waals surface area contributed by atoms with Gasteiger partial charge in [0, 0.05) is 31.1 Å². The summed E-state index contributed by atoms with van der Waals surface area (Å²) in [5.41, 5.74) is 1.78. The molecule has 9 heteroatoms. The number of piperidine rings is 1. The van der Waals surface area contributed by atoms with Gasteiger partial charge in [-0.05, 0) is 61.0 Å². The van der Waals surface area contributed by atoms with Crippen LogP contribution in [0.1, 0.15) is 56.6 Å². The molecule has 2 aromatic rings. The van der Waals surface area contributed by atoms with Crippen LogP contribution in [-0.2, 0) is 21.4 Å². The Hall–Kier alpha value is -3.46.